The van der Waals surface area contributed by atoms with Gasteiger partial charge < -0.3 is 10.5 Å². The third-order valence-corrected chi connectivity index (χ3v) is 1.76. The molecule has 16 heavy (non-hydrogen) atoms. The lowest BCUT2D eigenvalue weighted by atomic mass is 10.1. The van der Waals surface area contributed by atoms with Crippen LogP contribution in [0.25, 0.3) is 0 Å². The highest BCUT2D eigenvalue weighted by Crippen LogP contribution is 2.35. The minimum atomic E-state index is -4.74. The SMILES string of the molecule is CCOC(=O)c1ccnc(N)c1C(F)(F)F. The molecular formula is C9H9F3N2O2. The minimum absolute atomic E-state index is 0.0155. The number of ether oxygens (including phenoxy) is 1. The number of halogens is 3. The van der Waals surface area contributed by atoms with E-state index in [-0.39, 0.29) is 6.61 Å². The van der Waals surface area contributed by atoms with E-state index in [1.165, 1.54) is 6.92 Å². The summed E-state index contributed by atoms with van der Waals surface area (Å²) in [5, 5.41) is 0. The number of hydrogen-bond donors (Lipinski definition) is 1. The molecule has 0 spiro atoms. The van der Waals surface area contributed by atoms with E-state index in [1.54, 1.807) is 0 Å². The first-order valence-corrected chi connectivity index (χ1v) is 4.36. The summed E-state index contributed by atoms with van der Waals surface area (Å²) in [7, 11) is 0. The van der Waals surface area contributed by atoms with Crippen LogP contribution in [-0.4, -0.2) is 17.6 Å². The molecule has 1 heterocycles. The Labute approximate surface area is 89.2 Å². The standard InChI is InChI=1S/C9H9F3N2O2/c1-2-16-8(15)5-3-4-14-7(13)6(5)9(10,11)12/h3-4H,2H2,1H3,(H2,13,14). The predicted molar refractivity (Wildman–Crippen MR) is 49.6 cm³/mol. The van der Waals surface area contributed by atoms with Gasteiger partial charge in [0.2, 0.25) is 0 Å². The smallest absolute Gasteiger partial charge is 0.420 e. The first kappa shape index (κ1) is 12.3. The largest absolute Gasteiger partial charge is 0.462 e. The zero-order valence-corrected chi connectivity index (χ0v) is 8.34. The van der Waals surface area contributed by atoms with Crippen LogP contribution >= 0.6 is 0 Å². The lowest BCUT2D eigenvalue weighted by Gasteiger charge is -2.13. The number of aromatic nitrogens is 1. The molecule has 0 fully saturated rings. The molecular weight excluding hydrogens is 225 g/mol. The molecule has 0 bridgehead atoms. The van der Waals surface area contributed by atoms with Gasteiger partial charge in [-0.3, -0.25) is 0 Å². The number of carbonyl (C=O) groups excluding carboxylic acids is 1. The average Bonchev–Trinajstić information content (AvgIpc) is 2.15. The molecule has 1 rings (SSSR count). The summed E-state index contributed by atoms with van der Waals surface area (Å²) in [6.07, 6.45) is -3.71. The van der Waals surface area contributed by atoms with Gasteiger partial charge in [0.15, 0.2) is 0 Å². The van der Waals surface area contributed by atoms with Crippen LogP contribution in [-0.2, 0) is 10.9 Å². The lowest BCUT2D eigenvalue weighted by Crippen LogP contribution is -2.18. The quantitative estimate of drug-likeness (QED) is 0.793. The van der Waals surface area contributed by atoms with E-state index < -0.39 is 29.1 Å². The van der Waals surface area contributed by atoms with Gasteiger partial charge >= 0.3 is 12.1 Å². The number of anilines is 1. The number of pyridine rings is 1. The number of alkyl halides is 3. The number of hydrogen-bond acceptors (Lipinski definition) is 4. The van der Waals surface area contributed by atoms with Gasteiger partial charge in [0.05, 0.1) is 12.2 Å². The Kier molecular flexibility index (Phi) is 3.36. The molecule has 2 N–H and O–H groups in total. The van der Waals surface area contributed by atoms with Crippen LogP contribution in [0.5, 0.6) is 0 Å². The Bertz CT molecular complexity index is 404. The van der Waals surface area contributed by atoms with Crippen molar-refractivity contribution in [2.45, 2.75) is 13.1 Å². The second-order valence-electron chi connectivity index (χ2n) is 2.84. The second-order valence-corrected chi connectivity index (χ2v) is 2.84. The van der Waals surface area contributed by atoms with Gasteiger partial charge in [-0.25, -0.2) is 9.78 Å². The summed E-state index contributed by atoms with van der Waals surface area (Å²) in [5.74, 6) is -1.80. The number of carbonyl (C=O) groups is 1. The zero-order chi connectivity index (χ0) is 12.3. The van der Waals surface area contributed by atoms with Gasteiger partial charge in [0.25, 0.3) is 0 Å². The van der Waals surface area contributed by atoms with Crippen molar-refractivity contribution < 1.29 is 22.7 Å². The van der Waals surface area contributed by atoms with Crippen molar-refractivity contribution >= 4 is 11.8 Å². The number of nitrogens with two attached hydrogens (primary N) is 1. The van der Waals surface area contributed by atoms with Crippen LogP contribution in [0.1, 0.15) is 22.8 Å². The number of nitrogens with zero attached hydrogens (tertiary/aromatic N) is 1. The number of rotatable bonds is 2. The molecule has 4 nitrogen and oxygen atoms in total. The molecule has 0 aliphatic carbocycles. The number of nitrogen functional groups attached to an aromatic ring is 1. The summed E-state index contributed by atoms with van der Waals surface area (Å²) < 4.78 is 42.2. The Morgan fingerprint density at radius 3 is 2.69 bits per heavy atom. The van der Waals surface area contributed by atoms with E-state index in [2.05, 4.69) is 9.72 Å². The van der Waals surface area contributed by atoms with Crippen molar-refractivity contribution in [2.24, 2.45) is 0 Å². The zero-order valence-electron chi connectivity index (χ0n) is 8.34. The van der Waals surface area contributed by atoms with Gasteiger partial charge in [-0.2, -0.15) is 13.2 Å². The molecule has 0 atom stereocenters. The summed E-state index contributed by atoms with van der Waals surface area (Å²) in [6.45, 7) is 1.48. The first-order valence-electron chi connectivity index (χ1n) is 4.36. The maximum Gasteiger partial charge on any atom is 0.420 e. The summed E-state index contributed by atoms with van der Waals surface area (Å²) in [6, 6.07) is 0.928. The molecule has 0 radical (unpaired) electrons. The van der Waals surface area contributed by atoms with Gasteiger partial charge in [-0.15, -0.1) is 0 Å². The highest BCUT2D eigenvalue weighted by molar-refractivity contribution is 5.92. The van der Waals surface area contributed by atoms with E-state index in [0.29, 0.717) is 0 Å². The van der Waals surface area contributed by atoms with Gasteiger partial charge in [0.1, 0.15) is 11.4 Å². The van der Waals surface area contributed by atoms with Crippen LogP contribution in [0, 0.1) is 0 Å². The fourth-order valence-electron chi connectivity index (χ4n) is 1.15. The first-order chi connectivity index (χ1) is 7.38. The van der Waals surface area contributed by atoms with E-state index in [4.69, 9.17) is 5.73 Å². The molecule has 0 unspecified atom stereocenters. The molecule has 0 saturated carbocycles. The molecule has 7 heteroatoms. The van der Waals surface area contributed by atoms with Crippen molar-refractivity contribution in [3.8, 4) is 0 Å². The fraction of sp³-hybridized carbons (Fsp3) is 0.333. The van der Waals surface area contributed by atoms with Crippen molar-refractivity contribution in [3.63, 3.8) is 0 Å². The normalized spacial score (nSPS) is 11.2. The van der Waals surface area contributed by atoms with Crippen molar-refractivity contribution in [3.05, 3.63) is 23.4 Å². The van der Waals surface area contributed by atoms with E-state index >= 15 is 0 Å². The van der Waals surface area contributed by atoms with Gasteiger partial charge in [0, 0.05) is 6.20 Å². The Hall–Kier alpha value is -1.79. The molecule has 0 aliphatic heterocycles. The monoisotopic (exact) mass is 234 g/mol. The van der Waals surface area contributed by atoms with Crippen LogP contribution in [0.15, 0.2) is 12.3 Å². The van der Waals surface area contributed by atoms with Crippen LogP contribution in [0.3, 0.4) is 0 Å². The van der Waals surface area contributed by atoms with E-state index in [1.807, 2.05) is 0 Å². The predicted octanol–water partition coefficient (Wildman–Crippen LogP) is 1.86. The Morgan fingerprint density at radius 1 is 1.56 bits per heavy atom. The highest BCUT2D eigenvalue weighted by Gasteiger charge is 2.38. The third kappa shape index (κ3) is 2.41. The van der Waals surface area contributed by atoms with Crippen LogP contribution < -0.4 is 5.73 Å². The van der Waals surface area contributed by atoms with Gasteiger partial charge in [-0.05, 0) is 13.0 Å². The summed E-state index contributed by atoms with van der Waals surface area (Å²) in [4.78, 5) is 14.6. The van der Waals surface area contributed by atoms with Crippen LogP contribution in [0.2, 0.25) is 0 Å². The lowest BCUT2D eigenvalue weighted by molar-refractivity contribution is -0.137. The molecule has 88 valence electrons. The number of esters is 1. The summed E-state index contributed by atoms with van der Waals surface area (Å²) in [5.41, 5.74) is 3.22. The third-order valence-electron chi connectivity index (χ3n) is 1.76. The van der Waals surface area contributed by atoms with E-state index in [9.17, 15) is 18.0 Å². The molecule has 1 aromatic heterocycles. The molecule has 0 saturated heterocycles. The topological polar surface area (TPSA) is 65.2 Å². The average molecular weight is 234 g/mol. The van der Waals surface area contributed by atoms with Crippen LogP contribution in [0.4, 0.5) is 19.0 Å². The van der Waals surface area contributed by atoms with Crippen molar-refractivity contribution in [1.82, 2.24) is 4.98 Å². The molecule has 0 aliphatic rings. The fourth-order valence-corrected chi connectivity index (χ4v) is 1.15. The molecule has 0 aromatic carbocycles. The molecule has 1 aromatic rings. The highest BCUT2D eigenvalue weighted by atomic mass is 19.4. The van der Waals surface area contributed by atoms with Crippen molar-refractivity contribution in [1.29, 1.82) is 0 Å². The van der Waals surface area contributed by atoms with Crippen molar-refractivity contribution in [2.75, 3.05) is 12.3 Å². The Balaban J connectivity index is 3.29. The maximum absolute atomic E-state index is 12.6. The summed E-state index contributed by atoms with van der Waals surface area (Å²) >= 11 is 0. The van der Waals surface area contributed by atoms with E-state index in [0.717, 1.165) is 12.3 Å². The minimum Gasteiger partial charge on any atom is -0.462 e. The Morgan fingerprint density at radius 2 is 2.19 bits per heavy atom. The molecule has 0 amide bonds. The maximum atomic E-state index is 12.6. The second kappa shape index (κ2) is 4.38. The van der Waals surface area contributed by atoms with Gasteiger partial charge in [-0.1, -0.05) is 0 Å².